The van der Waals surface area contributed by atoms with E-state index in [2.05, 4.69) is 0 Å². The van der Waals surface area contributed by atoms with Crippen LogP contribution in [-0.2, 0) is 16.6 Å². The Hall–Kier alpha value is -2.74. The first-order chi connectivity index (χ1) is 10.3. The fourth-order valence-electron chi connectivity index (χ4n) is 2.30. The van der Waals surface area contributed by atoms with Gasteiger partial charge in [0, 0.05) is 11.6 Å². The Balaban J connectivity index is 2.07. The second-order valence-electron chi connectivity index (χ2n) is 4.81. The van der Waals surface area contributed by atoms with Crippen LogP contribution in [0.2, 0.25) is 0 Å². The molecule has 2 aromatic rings. The van der Waals surface area contributed by atoms with Gasteiger partial charge in [-0.15, -0.1) is 0 Å². The molecule has 1 amide bonds. The number of phenols is 3. The maximum Gasteiger partial charge on any atom is 0.270 e. The number of fused-ring (bicyclic) bond motifs is 1. The van der Waals surface area contributed by atoms with Crippen molar-refractivity contribution in [1.82, 2.24) is 4.31 Å². The second kappa shape index (κ2) is 4.63. The highest BCUT2D eigenvalue weighted by Crippen LogP contribution is 2.34. The van der Waals surface area contributed by atoms with Crippen molar-refractivity contribution in [2.45, 2.75) is 11.4 Å². The van der Waals surface area contributed by atoms with Crippen LogP contribution in [0.25, 0.3) is 0 Å². The summed E-state index contributed by atoms with van der Waals surface area (Å²) in [5.41, 5.74) is 0.562. The number of hydrogen-bond acceptors (Lipinski definition) is 6. The lowest BCUT2D eigenvalue weighted by Crippen LogP contribution is -2.31. The van der Waals surface area contributed by atoms with Crippen molar-refractivity contribution < 1.29 is 28.5 Å². The fourth-order valence-corrected chi connectivity index (χ4v) is 3.73. The fraction of sp³-hybridized carbons (Fsp3) is 0.0714. The number of phenolic OH excluding ortho intramolecular Hbond substituents is 3. The van der Waals surface area contributed by atoms with Crippen LogP contribution >= 0.6 is 0 Å². The average Bonchev–Trinajstić information content (AvgIpc) is 2.76. The van der Waals surface area contributed by atoms with E-state index in [1.165, 1.54) is 18.2 Å². The van der Waals surface area contributed by atoms with E-state index >= 15 is 0 Å². The molecule has 8 heteroatoms. The number of amides is 1. The minimum atomic E-state index is -4.27. The van der Waals surface area contributed by atoms with Gasteiger partial charge in [-0.2, -0.15) is 0 Å². The number of carbonyl (C=O) groups excluding carboxylic acids is 1. The molecule has 0 spiro atoms. The van der Waals surface area contributed by atoms with E-state index in [0.717, 1.165) is 18.2 Å². The van der Waals surface area contributed by atoms with Crippen molar-refractivity contribution in [3.8, 4) is 17.2 Å². The molecular formula is C14H11NO6S. The van der Waals surface area contributed by atoms with E-state index in [-0.39, 0.29) is 23.6 Å². The van der Waals surface area contributed by atoms with Crippen LogP contribution in [0.5, 0.6) is 17.2 Å². The summed E-state index contributed by atoms with van der Waals surface area (Å²) in [6, 6.07) is 7.03. The molecule has 0 fully saturated rings. The number of sulfonamides is 1. The highest BCUT2D eigenvalue weighted by molar-refractivity contribution is 7.89. The van der Waals surface area contributed by atoms with Gasteiger partial charge in [0.15, 0.2) is 0 Å². The van der Waals surface area contributed by atoms with E-state index in [0.29, 0.717) is 9.87 Å². The summed E-state index contributed by atoms with van der Waals surface area (Å²) < 4.78 is 25.7. The lowest BCUT2D eigenvalue weighted by atomic mass is 10.1. The van der Waals surface area contributed by atoms with Crippen molar-refractivity contribution >= 4 is 15.9 Å². The van der Waals surface area contributed by atoms with Gasteiger partial charge in [0.2, 0.25) is 0 Å². The number of nitrogens with zero attached hydrogens (tertiary/aromatic N) is 1. The summed E-state index contributed by atoms with van der Waals surface area (Å²) in [4.78, 5) is 11.8. The molecule has 0 aliphatic carbocycles. The highest BCUT2D eigenvalue weighted by Gasteiger charge is 2.38. The quantitative estimate of drug-likeness (QED) is 0.764. The Morgan fingerprint density at radius 2 is 1.59 bits per heavy atom. The van der Waals surface area contributed by atoms with Gasteiger partial charge in [0.1, 0.15) is 22.1 Å². The lowest BCUT2D eigenvalue weighted by Gasteiger charge is -2.17. The Labute approximate surface area is 125 Å². The third-order valence-corrected chi connectivity index (χ3v) is 5.15. The van der Waals surface area contributed by atoms with Gasteiger partial charge < -0.3 is 15.3 Å². The first-order valence-electron chi connectivity index (χ1n) is 6.21. The molecule has 1 aliphatic heterocycles. The lowest BCUT2D eigenvalue weighted by molar-refractivity contribution is 0.0879. The molecule has 22 heavy (non-hydrogen) atoms. The zero-order valence-corrected chi connectivity index (χ0v) is 11.9. The molecule has 3 N–H and O–H groups in total. The summed E-state index contributed by atoms with van der Waals surface area (Å²) in [5.74, 6) is -1.86. The largest absolute Gasteiger partial charge is 0.508 e. The third-order valence-electron chi connectivity index (χ3n) is 3.37. The molecule has 0 atom stereocenters. The minimum Gasteiger partial charge on any atom is -0.508 e. The van der Waals surface area contributed by atoms with Crippen molar-refractivity contribution in [2.75, 3.05) is 0 Å². The van der Waals surface area contributed by atoms with Gasteiger partial charge in [-0.1, -0.05) is 6.07 Å². The Morgan fingerprint density at radius 1 is 0.955 bits per heavy atom. The van der Waals surface area contributed by atoms with E-state index in [9.17, 15) is 28.5 Å². The zero-order valence-electron chi connectivity index (χ0n) is 11.1. The molecule has 0 radical (unpaired) electrons. The standard InChI is InChI=1S/C14H11NO6S/c16-9-2-1-8-7-15(14(19)11(8)5-9)22(20,21)13-4-3-10(17)6-12(13)18/h1-6,16-18H,7H2. The Kier molecular flexibility index (Phi) is 2.99. The van der Waals surface area contributed by atoms with E-state index < -0.39 is 26.6 Å². The molecule has 7 nitrogen and oxygen atoms in total. The number of rotatable bonds is 2. The topological polar surface area (TPSA) is 115 Å². The van der Waals surface area contributed by atoms with E-state index in [1.54, 1.807) is 0 Å². The molecule has 114 valence electrons. The molecule has 3 rings (SSSR count). The molecule has 0 aromatic heterocycles. The van der Waals surface area contributed by atoms with Crippen LogP contribution in [0.3, 0.4) is 0 Å². The van der Waals surface area contributed by atoms with Crippen molar-refractivity contribution in [1.29, 1.82) is 0 Å². The summed E-state index contributed by atoms with van der Waals surface area (Å²) in [5, 5.41) is 28.4. The predicted octanol–water partition coefficient (Wildman–Crippen LogP) is 1.15. The van der Waals surface area contributed by atoms with Crippen LogP contribution in [0.1, 0.15) is 15.9 Å². The molecule has 0 unspecified atom stereocenters. The number of benzene rings is 2. The minimum absolute atomic E-state index is 0.0989. The molecule has 0 saturated heterocycles. The maximum atomic E-state index is 12.5. The molecule has 1 aliphatic rings. The Morgan fingerprint density at radius 3 is 2.27 bits per heavy atom. The molecular weight excluding hydrogens is 310 g/mol. The SMILES string of the molecule is O=C1c2cc(O)ccc2CN1S(=O)(=O)c1ccc(O)cc1O. The van der Waals surface area contributed by atoms with Crippen LogP contribution in [0, 0.1) is 0 Å². The van der Waals surface area contributed by atoms with Gasteiger partial charge in [-0.3, -0.25) is 4.79 Å². The van der Waals surface area contributed by atoms with Crippen LogP contribution in [0.4, 0.5) is 0 Å². The van der Waals surface area contributed by atoms with Gasteiger partial charge in [-0.25, -0.2) is 12.7 Å². The van der Waals surface area contributed by atoms with Crippen LogP contribution < -0.4 is 0 Å². The van der Waals surface area contributed by atoms with Crippen molar-refractivity contribution in [3.05, 3.63) is 47.5 Å². The van der Waals surface area contributed by atoms with E-state index in [1.807, 2.05) is 0 Å². The summed E-state index contributed by atoms with van der Waals surface area (Å²) >= 11 is 0. The first kappa shape index (κ1) is 14.2. The van der Waals surface area contributed by atoms with Crippen LogP contribution in [-0.4, -0.2) is 33.9 Å². The van der Waals surface area contributed by atoms with Gasteiger partial charge in [-0.05, 0) is 29.8 Å². The van der Waals surface area contributed by atoms with Gasteiger partial charge >= 0.3 is 0 Å². The molecule has 2 aromatic carbocycles. The average molecular weight is 321 g/mol. The molecule has 1 heterocycles. The Bertz CT molecular complexity index is 890. The summed E-state index contributed by atoms with van der Waals surface area (Å²) in [7, 11) is -4.27. The highest BCUT2D eigenvalue weighted by atomic mass is 32.2. The summed E-state index contributed by atoms with van der Waals surface area (Å²) in [6.45, 7) is -0.183. The van der Waals surface area contributed by atoms with E-state index in [4.69, 9.17) is 0 Å². The van der Waals surface area contributed by atoms with Crippen molar-refractivity contribution in [3.63, 3.8) is 0 Å². The summed E-state index contributed by atoms with van der Waals surface area (Å²) in [6.07, 6.45) is 0. The number of hydrogen-bond donors (Lipinski definition) is 3. The normalized spacial score (nSPS) is 14.2. The monoisotopic (exact) mass is 321 g/mol. The van der Waals surface area contributed by atoms with Gasteiger partial charge in [0.05, 0.1) is 6.54 Å². The second-order valence-corrected chi connectivity index (χ2v) is 6.64. The third kappa shape index (κ3) is 2.04. The van der Waals surface area contributed by atoms with Crippen LogP contribution in [0.15, 0.2) is 41.3 Å². The van der Waals surface area contributed by atoms with Crippen molar-refractivity contribution in [2.24, 2.45) is 0 Å². The smallest absolute Gasteiger partial charge is 0.270 e. The van der Waals surface area contributed by atoms with Gasteiger partial charge in [0.25, 0.3) is 15.9 Å². The first-order valence-corrected chi connectivity index (χ1v) is 7.65. The number of aromatic hydroxyl groups is 3. The maximum absolute atomic E-state index is 12.5. The molecule has 0 bridgehead atoms. The zero-order chi connectivity index (χ0) is 16.1. The number of carbonyl (C=O) groups is 1. The predicted molar refractivity (Wildman–Crippen MR) is 74.9 cm³/mol. The molecule has 0 saturated carbocycles.